The molecule has 0 aliphatic carbocycles. The van der Waals surface area contributed by atoms with E-state index in [1.807, 2.05) is 0 Å². The minimum atomic E-state index is -0.378. The van der Waals surface area contributed by atoms with Crippen molar-refractivity contribution in [3.05, 3.63) is 57.4 Å². The number of methoxy groups -OCH3 is 1. The maximum atomic E-state index is 13.3. The number of phenols is 1. The van der Waals surface area contributed by atoms with Crippen LogP contribution in [0.5, 0.6) is 11.5 Å². The molecule has 0 amide bonds. The van der Waals surface area contributed by atoms with Gasteiger partial charge in [0.1, 0.15) is 11.3 Å². The predicted octanol–water partition coefficient (Wildman–Crippen LogP) is 3.59. The number of ketones is 1. The first kappa shape index (κ1) is 23.7. The molecule has 2 heterocycles. The Kier molecular flexibility index (Phi) is 7.09. The second-order valence-electron chi connectivity index (χ2n) is 8.26. The molecular weight excluding hydrogens is 438 g/mol. The third kappa shape index (κ3) is 4.60. The van der Waals surface area contributed by atoms with Crippen LogP contribution in [0.4, 0.5) is 0 Å². The van der Waals surface area contributed by atoms with Crippen molar-refractivity contribution in [2.45, 2.75) is 19.8 Å². The zero-order chi connectivity index (χ0) is 24.2. The standard InChI is InChI=1S/C26H27NO7/c1-16-23(25(31)19-14-22(32-2)24(30)20(15-28)26(19)34-16)18-7-5-17(6-8-18)21(29)4-3-9-27-10-12-33-13-11-27/h5-8,14-15,30H,3-4,9-13H2,1-2H3. The minimum Gasteiger partial charge on any atom is -0.504 e. The molecule has 1 aliphatic heterocycles. The summed E-state index contributed by atoms with van der Waals surface area (Å²) in [5.74, 6) is -0.0146. The zero-order valence-corrected chi connectivity index (χ0v) is 19.3. The second kappa shape index (κ2) is 10.2. The number of morpholine rings is 1. The van der Waals surface area contributed by atoms with Crippen LogP contribution in [0, 0.1) is 6.92 Å². The van der Waals surface area contributed by atoms with Crippen molar-refractivity contribution < 1.29 is 28.6 Å². The summed E-state index contributed by atoms with van der Waals surface area (Å²) in [6, 6.07) is 8.23. The van der Waals surface area contributed by atoms with E-state index in [0.29, 0.717) is 35.2 Å². The number of hydrogen-bond acceptors (Lipinski definition) is 8. The second-order valence-corrected chi connectivity index (χ2v) is 8.26. The number of ether oxygens (including phenoxy) is 2. The number of aromatic hydroxyl groups is 1. The van der Waals surface area contributed by atoms with Crippen LogP contribution >= 0.6 is 0 Å². The van der Waals surface area contributed by atoms with E-state index in [9.17, 15) is 19.5 Å². The van der Waals surface area contributed by atoms with Gasteiger partial charge in [-0.05, 0) is 31.5 Å². The number of phenolic OH excluding ortho intramolecular Hbond substituents is 1. The lowest BCUT2D eigenvalue weighted by Gasteiger charge is -2.26. The quantitative estimate of drug-likeness (QED) is 0.397. The number of benzene rings is 2. The average Bonchev–Trinajstić information content (AvgIpc) is 2.85. The number of Topliss-reactive ketones (excluding diaryl/α,β-unsaturated/α-hetero) is 1. The Morgan fingerprint density at radius 2 is 1.91 bits per heavy atom. The first-order valence-electron chi connectivity index (χ1n) is 11.2. The first-order valence-corrected chi connectivity index (χ1v) is 11.2. The van der Waals surface area contributed by atoms with E-state index in [1.165, 1.54) is 13.2 Å². The molecule has 0 unspecified atom stereocenters. The van der Waals surface area contributed by atoms with Crippen molar-refractivity contribution in [3.63, 3.8) is 0 Å². The van der Waals surface area contributed by atoms with Gasteiger partial charge in [0.05, 0.1) is 31.3 Å². The summed E-state index contributed by atoms with van der Waals surface area (Å²) < 4.78 is 16.2. The number of aryl methyl sites for hydroxylation is 1. The molecule has 3 aromatic rings. The molecule has 0 atom stereocenters. The highest BCUT2D eigenvalue weighted by atomic mass is 16.5. The van der Waals surface area contributed by atoms with Gasteiger partial charge in [0.15, 0.2) is 29.2 Å². The van der Waals surface area contributed by atoms with Crippen LogP contribution in [0.25, 0.3) is 22.1 Å². The molecule has 8 nitrogen and oxygen atoms in total. The fourth-order valence-electron chi connectivity index (χ4n) is 4.28. The molecule has 1 N–H and O–H groups in total. The average molecular weight is 466 g/mol. The van der Waals surface area contributed by atoms with Gasteiger partial charge in [0, 0.05) is 25.1 Å². The number of carbonyl (C=O) groups excluding carboxylic acids is 2. The minimum absolute atomic E-state index is 0.00613. The van der Waals surface area contributed by atoms with E-state index in [1.54, 1.807) is 31.2 Å². The SMILES string of the molecule is COc1cc2c(=O)c(-c3ccc(C(=O)CCCN4CCOCC4)cc3)c(C)oc2c(C=O)c1O. The third-order valence-corrected chi connectivity index (χ3v) is 6.15. The first-order chi connectivity index (χ1) is 16.4. The number of fused-ring (bicyclic) bond motifs is 1. The van der Waals surface area contributed by atoms with Crippen LogP contribution in [-0.4, -0.2) is 62.0 Å². The van der Waals surface area contributed by atoms with Crippen molar-refractivity contribution >= 4 is 23.0 Å². The topological polar surface area (TPSA) is 106 Å². The van der Waals surface area contributed by atoms with E-state index in [4.69, 9.17) is 13.9 Å². The number of nitrogens with zero attached hydrogens (tertiary/aromatic N) is 1. The maximum Gasteiger partial charge on any atom is 0.200 e. The summed E-state index contributed by atoms with van der Waals surface area (Å²) in [6.45, 7) is 5.76. The Labute approximate surface area is 196 Å². The lowest BCUT2D eigenvalue weighted by molar-refractivity contribution is 0.0371. The molecule has 4 rings (SSSR count). The molecule has 0 bridgehead atoms. The van der Waals surface area contributed by atoms with Crippen molar-refractivity contribution in [2.24, 2.45) is 0 Å². The molecule has 1 saturated heterocycles. The zero-order valence-electron chi connectivity index (χ0n) is 19.3. The number of rotatable bonds is 8. The van der Waals surface area contributed by atoms with Crippen molar-refractivity contribution in [2.75, 3.05) is 40.0 Å². The largest absolute Gasteiger partial charge is 0.504 e. The molecule has 0 radical (unpaired) electrons. The summed E-state index contributed by atoms with van der Waals surface area (Å²) >= 11 is 0. The van der Waals surface area contributed by atoms with Crippen LogP contribution in [-0.2, 0) is 4.74 Å². The predicted molar refractivity (Wildman–Crippen MR) is 127 cm³/mol. The highest BCUT2D eigenvalue weighted by Gasteiger charge is 2.21. The Bertz CT molecular complexity index is 1270. The molecule has 8 heteroatoms. The van der Waals surface area contributed by atoms with Gasteiger partial charge in [0.25, 0.3) is 0 Å². The number of hydrogen-bond donors (Lipinski definition) is 1. The van der Waals surface area contributed by atoms with Gasteiger partial charge in [-0.2, -0.15) is 0 Å². The van der Waals surface area contributed by atoms with E-state index in [2.05, 4.69) is 4.90 Å². The monoisotopic (exact) mass is 465 g/mol. The Hall–Kier alpha value is -3.49. The van der Waals surface area contributed by atoms with Gasteiger partial charge in [-0.1, -0.05) is 24.3 Å². The molecule has 0 spiro atoms. The summed E-state index contributed by atoms with van der Waals surface area (Å²) in [4.78, 5) is 39.8. The molecule has 178 valence electrons. The third-order valence-electron chi connectivity index (χ3n) is 6.15. The lowest BCUT2D eigenvalue weighted by Crippen LogP contribution is -2.36. The van der Waals surface area contributed by atoms with E-state index in [-0.39, 0.29) is 39.2 Å². The van der Waals surface area contributed by atoms with Gasteiger partial charge in [-0.3, -0.25) is 19.3 Å². The number of carbonyl (C=O) groups is 2. The highest BCUT2D eigenvalue weighted by molar-refractivity contribution is 6.00. The van der Waals surface area contributed by atoms with Gasteiger partial charge in [-0.25, -0.2) is 0 Å². The van der Waals surface area contributed by atoms with Crippen LogP contribution in [0.1, 0.15) is 39.3 Å². The molecule has 34 heavy (non-hydrogen) atoms. The maximum absolute atomic E-state index is 13.3. The highest BCUT2D eigenvalue weighted by Crippen LogP contribution is 2.36. The molecule has 1 aromatic heterocycles. The summed E-state index contributed by atoms with van der Waals surface area (Å²) in [6.07, 6.45) is 1.66. The Morgan fingerprint density at radius 1 is 1.21 bits per heavy atom. The molecule has 0 saturated carbocycles. The molecular formula is C26H27NO7. The molecule has 2 aromatic carbocycles. The van der Waals surface area contributed by atoms with Crippen LogP contribution < -0.4 is 10.2 Å². The van der Waals surface area contributed by atoms with E-state index >= 15 is 0 Å². The Morgan fingerprint density at radius 3 is 2.56 bits per heavy atom. The van der Waals surface area contributed by atoms with Crippen LogP contribution in [0.3, 0.4) is 0 Å². The van der Waals surface area contributed by atoms with Gasteiger partial charge < -0.3 is 19.0 Å². The molecule has 1 fully saturated rings. The number of aldehydes is 1. The van der Waals surface area contributed by atoms with Gasteiger partial charge in [-0.15, -0.1) is 0 Å². The lowest BCUT2D eigenvalue weighted by atomic mass is 9.98. The van der Waals surface area contributed by atoms with Crippen molar-refractivity contribution in [1.29, 1.82) is 0 Å². The van der Waals surface area contributed by atoms with Gasteiger partial charge >= 0.3 is 0 Å². The fraction of sp³-hybridized carbons (Fsp3) is 0.346. The van der Waals surface area contributed by atoms with Crippen molar-refractivity contribution in [3.8, 4) is 22.6 Å². The van der Waals surface area contributed by atoms with E-state index < -0.39 is 0 Å². The smallest absolute Gasteiger partial charge is 0.200 e. The van der Waals surface area contributed by atoms with Crippen LogP contribution in [0.2, 0.25) is 0 Å². The van der Waals surface area contributed by atoms with Gasteiger partial charge in [0.2, 0.25) is 5.43 Å². The van der Waals surface area contributed by atoms with E-state index in [0.717, 1.165) is 39.3 Å². The molecule has 1 aliphatic rings. The summed E-state index contributed by atoms with van der Waals surface area (Å²) in [5, 5.41) is 10.3. The summed E-state index contributed by atoms with van der Waals surface area (Å²) in [5.41, 5.74) is 1.01. The summed E-state index contributed by atoms with van der Waals surface area (Å²) in [7, 11) is 1.34. The van der Waals surface area contributed by atoms with Crippen LogP contribution in [0.15, 0.2) is 39.5 Å². The fourth-order valence-corrected chi connectivity index (χ4v) is 4.28. The Balaban J connectivity index is 1.58. The van der Waals surface area contributed by atoms with Crippen molar-refractivity contribution in [1.82, 2.24) is 4.90 Å². The normalized spacial score (nSPS) is 14.3.